The number of benzene rings is 2. The van der Waals surface area contributed by atoms with Crippen LogP contribution in [0, 0.1) is 12.8 Å². The number of ketones is 1. The van der Waals surface area contributed by atoms with Gasteiger partial charge in [0.05, 0.1) is 23.5 Å². The molecule has 0 saturated carbocycles. The maximum absolute atomic E-state index is 13.3. The zero-order valence-electron chi connectivity index (χ0n) is 34.5. The summed E-state index contributed by atoms with van der Waals surface area (Å²) >= 11 is 1.47. The topological polar surface area (TPSA) is 213 Å². The Kier molecular flexibility index (Phi) is 16.3. The molecule has 0 bridgehead atoms. The van der Waals surface area contributed by atoms with Crippen LogP contribution in [-0.4, -0.2) is 110 Å². The molecule has 0 spiro atoms. The molecule has 0 radical (unpaired) electrons. The van der Waals surface area contributed by atoms with Crippen molar-refractivity contribution in [3.05, 3.63) is 52.4 Å². The minimum Gasteiger partial charge on any atom is -0.445 e. The molecular weight excluding hydrogens is 783 g/mol. The number of amides is 7. The number of hydrogen-bond donors (Lipinski definition) is 4. The second-order valence-corrected chi connectivity index (χ2v) is 15.7. The summed E-state index contributed by atoms with van der Waals surface area (Å²) in [7, 11) is 3.10. The molecule has 1 unspecified atom stereocenters. The highest BCUT2D eigenvalue weighted by atomic mass is 32.1. The van der Waals surface area contributed by atoms with Crippen molar-refractivity contribution in [2.75, 3.05) is 57.0 Å². The summed E-state index contributed by atoms with van der Waals surface area (Å²) < 4.78 is 12.1. The van der Waals surface area contributed by atoms with Crippen molar-refractivity contribution in [1.29, 1.82) is 0 Å². The molecule has 17 nitrogen and oxygen atoms in total. The maximum atomic E-state index is 13.3. The van der Waals surface area contributed by atoms with Crippen LogP contribution in [0.4, 0.5) is 21.0 Å². The Hall–Kier alpha value is -6.04. The van der Waals surface area contributed by atoms with Gasteiger partial charge < -0.3 is 50.2 Å². The van der Waals surface area contributed by atoms with Crippen molar-refractivity contribution in [1.82, 2.24) is 25.8 Å². The summed E-state index contributed by atoms with van der Waals surface area (Å²) in [5.41, 5.74) is 3.87. The third kappa shape index (κ3) is 13.0. The molecule has 0 saturated heterocycles. The highest BCUT2D eigenvalue weighted by molar-refractivity contribution is 7.17. The first kappa shape index (κ1) is 45.7. The van der Waals surface area contributed by atoms with E-state index in [0.717, 1.165) is 21.2 Å². The molecule has 3 aromatic rings. The van der Waals surface area contributed by atoms with Crippen molar-refractivity contribution in [3.63, 3.8) is 0 Å². The summed E-state index contributed by atoms with van der Waals surface area (Å²) in [6, 6.07) is 7.40. The van der Waals surface area contributed by atoms with Crippen LogP contribution in [0.2, 0.25) is 0 Å². The van der Waals surface area contributed by atoms with E-state index in [1.807, 2.05) is 12.3 Å². The second kappa shape index (κ2) is 21.1. The van der Waals surface area contributed by atoms with Gasteiger partial charge in [-0.05, 0) is 66.8 Å². The fraction of sp³-hybridized carbons (Fsp3) is 0.463. The normalized spacial score (nSPS) is 12.3. The summed E-state index contributed by atoms with van der Waals surface area (Å²) in [5.74, 6) is -1.93. The minimum absolute atomic E-state index is 0.0392. The molecule has 1 atom stereocenters. The highest BCUT2D eigenvalue weighted by Gasteiger charge is 2.30. The average Bonchev–Trinajstić information content (AvgIpc) is 3.79. The maximum Gasteiger partial charge on any atom is 0.415 e. The lowest BCUT2D eigenvalue weighted by atomic mass is 10.0. The van der Waals surface area contributed by atoms with Crippen LogP contribution in [-0.2, 0) is 46.5 Å². The predicted octanol–water partition coefficient (Wildman–Crippen LogP) is 3.89. The Morgan fingerprint density at radius 3 is 2.19 bits per heavy atom. The molecule has 18 heteroatoms. The summed E-state index contributed by atoms with van der Waals surface area (Å²) in [6.07, 6.45) is 0.501. The quantitative estimate of drug-likeness (QED) is 0.145. The van der Waals surface area contributed by atoms with E-state index in [0.29, 0.717) is 48.5 Å². The van der Waals surface area contributed by atoms with Gasteiger partial charge in [-0.25, -0.2) is 9.59 Å². The summed E-state index contributed by atoms with van der Waals surface area (Å²) in [4.78, 5) is 103. The lowest BCUT2D eigenvalue weighted by molar-refractivity contribution is -0.131. The SMILES string of the molecule is CC(=O)CCCC(=O)N1CCc2c1cc(OC(=O)N(C)CCN(C)C(=O)OCc1ccc(NC(=O)CNC(=O)C(NC(=O)CNC(C)=O)C(C)C)cc1)c1scc(C)c21. The number of thiophene rings is 1. The van der Waals surface area contributed by atoms with E-state index in [-0.39, 0.29) is 62.7 Å². The van der Waals surface area contributed by atoms with E-state index < -0.39 is 35.9 Å². The zero-order valence-corrected chi connectivity index (χ0v) is 35.3. The van der Waals surface area contributed by atoms with E-state index in [4.69, 9.17) is 9.47 Å². The number of nitrogens with one attached hydrogen (secondary N) is 4. The van der Waals surface area contributed by atoms with E-state index in [2.05, 4.69) is 21.3 Å². The number of nitrogens with zero attached hydrogens (tertiary/aromatic N) is 3. The Bertz CT molecular complexity index is 2070. The number of rotatable bonds is 18. The van der Waals surface area contributed by atoms with Crippen LogP contribution in [0.15, 0.2) is 35.7 Å². The molecule has 318 valence electrons. The third-order valence-corrected chi connectivity index (χ3v) is 10.7. The van der Waals surface area contributed by atoms with Crippen LogP contribution in [0.5, 0.6) is 5.75 Å². The third-order valence-electron chi connectivity index (χ3n) is 9.55. The second-order valence-electron chi connectivity index (χ2n) is 14.8. The smallest absolute Gasteiger partial charge is 0.415 e. The van der Waals surface area contributed by atoms with Crippen molar-refractivity contribution in [3.8, 4) is 5.75 Å². The van der Waals surface area contributed by atoms with E-state index in [1.54, 1.807) is 63.2 Å². The van der Waals surface area contributed by atoms with Crippen LogP contribution in [0.1, 0.15) is 63.6 Å². The Balaban J connectivity index is 1.22. The van der Waals surface area contributed by atoms with E-state index >= 15 is 0 Å². The fourth-order valence-corrected chi connectivity index (χ4v) is 7.27. The van der Waals surface area contributed by atoms with Gasteiger partial charge in [-0.3, -0.25) is 24.0 Å². The molecule has 0 fully saturated rings. The van der Waals surface area contributed by atoms with Gasteiger partial charge in [0.2, 0.25) is 29.5 Å². The minimum atomic E-state index is -0.908. The predicted molar refractivity (Wildman–Crippen MR) is 222 cm³/mol. The number of ether oxygens (including phenoxy) is 2. The van der Waals surface area contributed by atoms with E-state index in [1.165, 1.54) is 35.0 Å². The molecule has 1 aliphatic heterocycles. The molecule has 1 aromatic heterocycles. The van der Waals surface area contributed by atoms with Crippen LogP contribution in [0.25, 0.3) is 10.1 Å². The standard InChI is InChI=1S/C41H53N7O10S/c1-24(2)37(45-34(52)20-42-27(5)50)39(54)43-21-33(51)44-29-13-11-28(12-14-29)22-57-40(55)46(6)17-18-47(7)41(56)58-32-19-31-30(36-25(3)23-59-38(32)36)15-16-48(31)35(53)10-8-9-26(4)49/h11-14,19,23-24,37H,8-10,15-18,20-22H2,1-7H3,(H,42,50)(H,43,54)(H,44,51)(H,45,52). The number of Topliss-reactive ketones (excluding diaryl/α,β-unsaturated/α-hetero) is 1. The fourth-order valence-electron chi connectivity index (χ4n) is 6.24. The molecule has 4 N–H and O–H groups in total. The Morgan fingerprint density at radius 2 is 1.54 bits per heavy atom. The van der Waals surface area contributed by atoms with Crippen molar-refractivity contribution in [2.24, 2.45) is 5.92 Å². The van der Waals surface area contributed by atoms with Gasteiger partial charge in [-0.1, -0.05) is 26.0 Å². The van der Waals surface area contributed by atoms with Gasteiger partial charge in [0.1, 0.15) is 18.4 Å². The lowest BCUT2D eigenvalue weighted by Crippen LogP contribution is -2.52. The molecule has 2 heterocycles. The molecular formula is C41H53N7O10S. The van der Waals surface area contributed by atoms with Gasteiger partial charge in [-0.2, -0.15) is 0 Å². The number of aryl methyl sites for hydroxylation is 1. The summed E-state index contributed by atoms with van der Waals surface area (Å²) in [5, 5.41) is 13.1. The first-order chi connectivity index (χ1) is 27.9. The molecule has 59 heavy (non-hydrogen) atoms. The molecule has 2 aromatic carbocycles. The highest BCUT2D eigenvalue weighted by Crippen LogP contribution is 2.44. The average molecular weight is 836 g/mol. The number of anilines is 2. The van der Waals surface area contributed by atoms with Crippen LogP contribution < -0.4 is 30.9 Å². The lowest BCUT2D eigenvalue weighted by Gasteiger charge is -2.22. The van der Waals surface area contributed by atoms with Crippen molar-refractivity contribution in [2.45, 2.75) is 73.0 Å². The zero-order chi connectivity index (χ0) is 43.4. The molecule has 0 aliphatic carbocycles. The monoisotopic (exact) mass is 835 g/mol. The molecule has 7 amide bonds. The Morgan fingerprint density at radius 1 is 0.881 bits per heavy atom. The molecule has 1 aliphatic rings. The first-order valence-electron chi connectivity index (χ1n) is 19.3. The van der Waals surface area contributed by atoms with Gasteiger partial charge >= 0.3 is 12.2 Å². The Labute approximate surface area is 347 Å². The number of likely N-dealkylation sites (N-methyl/N-ethyl adjacent to an activating group) is 2. The van der Waals surface area contributed by atoms with Crippen LogP contribution >= 0.6 is 11.3 Å². The number of carbonyl (C=O) groups excluding carboxylic acids is 8. The number of carbonyl (C=O) groups is 8. The first-order valence-corrected chi connectivity index (χ1v) is 20.2. The van der Waals surface area contributed by atoms with Gasteiger partial charge in [0.25, 0.3) is 0 Å². The molecule has 4 rings (SSSR count). The largest absolute Gasteiger partial charge is 0.445 e. The summed E-state index contributed by atoms with van der Waals surface area (Å²) in [6.45, 7) is 8.36. The van der Waals surface area contributed by atoms with Gasteiger partial charge in [0.15, 0.2) is 5.75 Å². The van der Waals surface area contributed by atoms with E-state index in [9.17, 15) is 38.4 Å². The van der Waals surface area contributed by atoms with Crippen molar-refractivity contribution < 1.29 is 47.8 Å². The van der Waals surface area contributed by atoms with Crippen molar-refractivity contribution >= 4 is 80.3 Å². The number of fused-ring (bicyclic) bond motifs is 3. The number of hydrogen-bond acceptors (Lipinski definition) is 11. The van der Waals surface area contributed by atoms with Gasteiger partial charge in [-0.15, -0.1) is 11.3 Å². The van der Waals surface area contributed by atoms with Crippen LogP contribution in [0.3, 0.4) is 0 Å². The van der Waals surface area contributed by atoms with Gasteiger partial charge in [0, 0.05) is 70.6 Å².